The summed E-state index contributed by atoms with van der Waals surface area (Å²) in [5.74, 6) is 0.0980. The molecule has 1 aliphatic heterocycles. The molecule has 0 bridgehead atoms. The van der Waals surface area contributed by atoms with Crippen LogP contribution in [0.5, 0.6) is 0 Å². The standard InChI is InChI=1S/C20H16N4OS/c25-20-16-5-3-4-15(18-12-26-13-21-18)17(16)11-24(20)9-7-14-10-23-8-2-1-6-19(23)22-14/h1-6,8,10,12-13H,7,9,11H2. The summed E-state index contributed by atoms with van der Waals surface area (Å²) in [5.41, 5.74) is 7.65. The number of hydrogen-bond donors (Lipinski definition) is 0. The highest BCUT2D eigenvalue weighted by Crippen LogP contribution is 2.32. The number of rotatable bonds is 4. The Hall–Kier alpha value is -2.99. The van der Waals surface area contributed by atoms with Gasteiger partial charge >= 0.3 is 0 Å². The molecule has 5 nitrogen and oxygen atoms in total. The molecule has 1 amide bonds. The van der Waals surface area contributed by atoms with Crippen LogP contribution in [-0.4, -0.2) is 31.7 Å². The molecule has 4 aromatic rings. The Bertz CT molecular complexity index is 1070. The molecule has 0 unspecified atom stereocenters. The van der Waals surface area contributed by atoms with Gasteiger partial charge in [0, 0.05) is 48.4 Å². The van der Waals surface area contributed by atoms with Crippen molar-refractivity contribution in [1.29, 1.82) is 0 Å². The van der Waals surface area contributed by atoms with E-state index in [1.807, 2.05) is 69.0 Å². The summed E-state index contributed by atoms with van der Waals surface area (Å²) in [4.78, 5) is 23.7. The number of carbonyl (C=O) groups is 1. The lowest BCUT2D eigenvalue weighted by atomic mass is 10.0. The lowest BCUT2D eigenvalue weighted by Crippen LogP contribution is -2.26. The number of carbonyl (C=O) groups excluding carboxylic acids is 1. The third-order valence-corrected chi connectivity index (χ3v) is 5.39. The Morgan fingerprint density at radius 3 is 2.88 bits per heavy atom. The topological polar surface area (TPSA) is 50.5 Å². The molecule has 0 aliphatic carbocycles. The SMILES string of the molecule is O=C1c2cccc(-c3cscn3)c2CN1CCc1cn2ccccc2n1. The number of benzene rings is 1. The van der Waals surface area contributed by atoms with Crippen LogP contribution in [-0.2, 0) is 13.0 Å². The van der Waals surface area contributed by atoms with Gasteiger partial charge in [0.15, 0.2) is 0 Å². The highest BCUT2D eigenvalue weighted by atomic mass is 32.1. The van der Waals surface area contributed by atoms with Crippen LogP contribution >= 0.6 is 11.3 Å². The van der Waals surface area contributed by atoms with Crippen LogP contribution in [0.4, 0.5) is 0 Å². The van der Waals surface area contributed by atoms with Crippen molar-refractivity contribution >= 4 is 22.9 Å². The van der Waals surface area contributed by atoms with Gasteiger partial charge in [0.05, 0.1) is 16.9 Å². The third kappa shape index (κ3) is 2.50. The number of fused-ring (bicyclic) bond motifs is 2. The van der Waals surface area contributed by atoms with Crippen molar-refractivity contribution in [3.8, 4) is 11.3 Å². The van der Waals surface area contributed by atoms with Gasteiger partial charge in [-0.05, 0) is 23.8 Å². The number of aromatic nitrogens is 3. The zero-order chi connectivity index (χ0) is 17.5. The summed E-state index contributed by atoms with van der Waals surface area (Å²) in [6.07, 6.45) is 4.76. The summed E-state index contributed by atoms with van der Waals surface area (Å²) < 4.78 is 2.01. The molecular formula is C20H16N4OS. The maximum absolute atomic E-state index is 12.8. The minimum Gasteiger partial charge on any atom is -0.334 e. The molecule has 0 N–H and O–H groups in total. The molecule has 0 fully saturated rings. The van der Waals surface area contributed by atoms with Crippen LogP contribution in [0.3, 0.4) is 0 Å². The van der Waals surface area contributed by atoms with Gasteiger partial charge in [-0.3, -0.25) is 4.79 Å². The van der Waals surface area contributed by atoms with E-state index in [1.54, 1.807) is 11.3 Å². The smallest absolute Gasteiger partial charge is 0.254 e. The second-order valence-corrected chi connectivity index (χ2v) is 7.10. The molecule has 128 valence electrons. The molecule has 0 radical (unpaired) electrons. The molecule has 1 aromatic carbocycles. The number of imidazole rings is 1. The van der Waals surface area contributed by atoms with Gasteiger partial charge in [0.1, 0.15) is 5.65 Å². The average molecular weight is 360 g/mol. The van der Waals surface area contributed by atoms with Gasteiger partial charge in [0.25, 0.3) is 5.91 Å². The molecule has 26 heavy (non-hydrogen) atoms. The number of nitrogens with zero attached hydrogens (tertiary/aromatic N) is 4. The van der Waals surface area contributed by atoms with Gasteiger partial charge in [-0.15, -0.1) is 11.3 Å². The molecule has 0 saturated heterocycles. The maximum atomic E-state index is 12.8. The fraction of sp³-hybridized carbons (Fsp3) is 0.150. The van der Waals surface area contributed by atoms with Crippen LogP contribution in [0.2, 0.25) is 0 Å². The highest BCUT2D eigenvalue weighted by Gasteiger charge is 2.29. The molecule has 0 spiro atoms. The molecule has 4 heterocycles. The quantitative estimate of drug-likeness (QED) is 0.558. The first-order valence-electron chi connectivity index (χ1n) is 8.52. The van der Waals surface area contributed by atoms with E-state index in [1.165, 1.54) is 0 Å². The minimum absolute atomic E-state index is 0.0980. The number of amides is 1. The van der Waals surface area contributed by atoms with E-state index in [2.05, 4.69) is 9.97 Å². The van der Waals surface area contributed by atoms with Crippen LogP contribution < -0.4 is 0 Å². The molecule has 0 atom stereocenters. The third-order valence-electron chi connectivity index (χ3n) is 4.80. The summed E-state index contributed by atoms with van der Waals surface area (Å²) in [7, 11) is 0. The summed E-state index contributed by atoms with van der Waals surface area (Å²) >= 11 is 1.57. The summed E-state index contributed by atoms with van der Waals surface area (Å²) in [6, 6.07) is 11.9. The van der Waals surface area contributed by atoms with Gasteiger partial charge in [0.2, 0.25) is 0 Å². The predicted molar refractivity (Wildman–Crippen MR) is 101 cm³/mol. The normalized spacial score (nSPS) is 13.5. The summed E-state index contributed by atoms with van der Waals surface area (Å²) in [5, 5.41) is 2.03. The fourth-order valence-corrected chi connectivity index (χ4v) is 4.07. The van der Waals surface area contributed by atoms with Crippen molar-refractivity contribution < 1.29 is 4.79 Å². The Morgan fingerprint density at radius 1 is 1.12 bits per heavy atom. The lowest BCUT2D eigenvalue weighted by Gasteiger charge is -2.14. The number of pyridine rings is 1. The van der Waals surface area contributed by atoms with E-state index in [9.17, 15) is 4.79 Å². The Balaban J connectivity index is 1.38. The van der Waals surface area contributed by atoms with Gasteiger partial charge < -0.3 is 9.30 Å². The van der Waals surface area contributed by atoms with Gasteiger partial charge in [-0.2, -0.15) is 0 Å². The fourth-order valence-electron chi connectivity index (χ4n) is 3.51. The molecule has 0 saturated carbocycles. The van der Waals surface area contributed by atoms with Crippen LogP contribution in [0.1, 0.15) is 21.6 Å². The Morgan fingerprint density at radius 2 is 2.04 bits per heavy atom. The van der Waals surface area contributed by atoms with E-state index in [-0.39, 0.29) is 5.91 Å². The monoisotopic (exact) mass is 360 g/mol. The number of hydrogen-bond acceptors (Lipinski definition) is 4. The minimum atomic E-state index is 0.0980. The Kier molecular flexibility index (Phi) is 3.57. The van der Waals surface area contributed by atoms with E-state index in [4.69, 9.17) is 0 Å². The van der Waals surface area contributed by atoms with Crippen molar-refractivity contribution in [3.63, 3.8) is 0 Å². The maximum Gasteiger partial charge on any atom is 0.254 e. The average Bonchev–Trinajstić information content (AvgIpc) is 3.39. The van der Waals surface area contributed by atoms with E-state index in [0.29, 0.717) is 13.1 Å². The van der Waals surface area contributed by atoms with E-state index >= 15 is 0 Å². The second kappa shape index (κ2) is 6.07. The van der Waals surface area contributed by atoms with Gasteiger partial charge in [-0.1, -0.05) is 18.2 Å². The molecular weight excluding hydrogens is 344 g/mol. The predicted octanol–water partition coefficient (Wildman–Crippen LogP) is 3.66. The highest BCUT2D eigenvalue weighted by molar-refractivity contribution is 7.07. The van der Waals surface area contributed by atoms with Crippen LogP contribution in [0.25, 0.3) is 16.9 Å². The first-order valence-corrected chi connectivity index (χ1v) is 9.46. The van der Waals surface area contributed by atoms with Crippen LogP contribution in [0.15, 0.2) is 59.7 Å². The van der Waals surface area contributed by atoms with Crippen LogP contribution in [0, 0.1) is 0 Å². The number of thiazole rings is 1. The zero-order valence-electron chi connectivity index (χ0n) is 14.0. The largest absolute Gasteiger partial charge is 0.334 e. The molecule has 3 aromatic heterocycles. The van der Waals surface area contributed by atoms with Gasteiger partial charge in [-0.25, -0.2) is 9.97 Å². The molecule has 6 heteroatoms. The Labute approximate surface area is 154 Å². The second-order valence-electron chi connectivity index (χ2n) is 6.38. The lowest BCUT2D eigenvalue weighted by molar-refractivity contribution is 0.0780. The van der Waals surface area contributed by atoms with Crippen molar-refractivity contribution in [1.82, 2.24) is 19.3 Å². The first-order chi connectivity index (χ1) is 12.8. The molecule has 1 aliphatic rings. The van der Waals surface area contributed by atoms with Crippen molar-refractivity contribution in [2.75, 3.05) is 6.54 Å². The van der Waals surface area contributed by atoms with E-state index < -0.39 is 0 Å². The van der Waals surface area contributed by atoms with Crippen molar-refractivity contribution in [2.45, 2.75) is 13.0 Å². The van der Waals surface area contributed by atoms with Crippen molar-refractivity contribution in [3.05, 3.63) is 76.5 Å². The summed E-state index contributed by atoms with van der Waals surface area (Å²) in [6.45, 7) is 1.29. The van der Waals surface area contributed by atoms with Crippen molar-refractivity contribution in [2.24, 2.45) is 0 Å². The van der Waals surface area contributed by atoms with E-state index in [0.717, 1.165) is 40.1 Å². The first kappa shape index (κ1) is 15.3. The molecule has 5 rings (SSSR count). The zero-order valence-corrected chi connectivity index (χ0v) is 14.8.